The Kier molecular flexibility index (Phi) is 3.83. The van der Waals surface area contributed by atoms with Gasteiger partial charge in [-0.25, -0.2) is 5.06 Å². The quantitative estimate of drug-likeness (QED) is 0.647. The molecule has 1 saturated heterocycles. The van der Waals surface area contributed by atoms with Gasteiger partial charge in [0.05, 0.1) is 11.5 Å². The first-order valence-corrected chi connectivity index (χ1v) is 9.02. The first-order chi connectivity index (χ1) is 11.6. The topological polar surface area (TPSA) is 69.6 Å². The van der Waals surface area contributed by atoms with Crippen LogP contribution in [0.5, 0.6) is 0 Å². The van der Waals surface area contributed by atoms with Crippen molar-refractivity contribution in [1.82, 2.24) is 10.4 Å². The highest BCUT2D eigenvalue weighted by atomic mass is 16.5. The first-order valence-electron chi connectivity index (χ1n) is 9.02. The van der Waals surface area contributed by atoms with E-state index in [1.165, 1.54) is 5.56 Å². The number of nitrogens with zero attached hydrogens (tertiary/aromatic N) is 1. The SMILES string of the molecule is O=C(c1ccc2c(c1)CC[C@@]1(CCCNC1=O)C2)N(O)C1CCC1. The summed E-state index contributed by atoms with van der Waals surface area (Å²) in [5.74, 6) is -0.121. The number of piperidine rings is 1. The summed E-state index contributed by atoms with van der Waals surface area (Å²) in [7, 11) is 0. The third-order valence-corrected chi connectivity index (χ3v) is 6.08. The van der Waals surface area contributed by atoms with Crippen molar-refractivity contribution in [3.8, 4) is 0 Å². The highest BCUT2D eigenvalue weighted by Crippen LogP contribution is 2.41. The fourth-order valence-electron chi connectivity index (χ4n) is 4.26. The molecule has 2 fully saturated rings. The van der Waals surface area contributed by atoms with Crippen molar-refractivity contribution in [1.29, 1.82) is 0 Å². The second-order valence-corrected chi connectivity index (χ2v) is 7.53. The zero-order chi connectivity index (χ0) is 16.7. The predicted octanol–water partition coefficient (Wildman–Crippen LogP) is 2.46. The molecule has 0 unspecified atom stereocenters. The minimum Gasteiger partial charge on any atom is -0.356 e. The molecule has 2 amide bonds. The van der Waals surface area contributed by atoms with E-state index >= 15 is 0 Å². The van der Waals surface area contributed by atoms with Crippen LogP contribution >= 0.6 is 0 Å². The summed E-state index contributed by atoms with van der Waals surface area (Å²) in [5.41, 5.74) is 2.60. The molecule has 2 N–H and O–H groups in total. The lowest BCUT2D eigenvalue weighted by Gasteiger charge is -2.40. The van der Waals surface area contributed by atoms with Crippen LogP contribution in [0.2, 0.25) is 0 Å². The molecule has 1 aromatic rings. The van der Waals surface area contributed by atoms with Gasteiger partial charge in [0.1, 0.15) is 0 Å². The van der Waals surface area contributed by atoms with Gasteiger partial charge in [-0.3, -0.25) is 14.8 Å². The number of benzene rings is 1. The molecule has 5 nitrogen and oxygen atoms in total. The van der Waals surface area contributed by atoms with Crippen molar-refractivity contribution in [2.24, 2.45) is 5.41 Å². The Labute approximate surface area is 142 Å². The Bertz CT molecular complexity index is 683. The number of nitrogens with one attached hydrogen (secondary N) is 1. The van der Waals surface area contributed by atoms with E-state index in [1.54, 1.807) is 6.07 Å². The minimum atomic E-state index is -0.307. The molecule has 1 saturated carbocycles. The van der Waals surface area contributed by atoms with Gasteiger partial charge in [-0.15, -0.1) is 0 Å². The van der Waals surface area contributed by atoms with E-state index in [0.29, 0.717) is 5.56 Å². The van der Waals surface area contributed by atoms with Gasteiger partial charge >= 0.3 is 0 Å². The number of fused-ring (bicyclic) bond motifs is 1. The lowest BCUT2D eigenvalue weighted by atomic mass is 9.67. The van der Waals surface area contributed by atoms with Gasteiger partial charge in [-0.2, -0.15) is 0 Å². The smallest absolute Gasteiger partial charge is 0.277 e. The Morgan fingerprint density at radius 1 is 1.21 bits per heavy atom. The molecule has 1 heterocycles. The van der Waals surface area contributed by atoms with Crippen LogP contribution in [0.25, 0.3) is 0 Å². The molecule has 3 aliphatic rings. The highest BCUT2D eigenvalue weighted by Gasteiger charge is 2.42. The summed E-state index contributed by atoms with van der Waals surface area (Å²) in [6, 6.07) is 5.65. The summed E-state index contributed by atoms with van der Waals surface area (Å²) in [6.45, 7) is 0.786. The summed E-state index contributed by atoms with van der Waals surface area (Å²) >= 11 is 0. The molecule has 1 spiro atoms. The maximum atomic E-state index is 12.4. The van der Waals surface area contributed by atoms with Crippen molar-refractivity contribution in [3.05, 3.63) is 34.9 Å². The maximum absolute atomic E-state index is 12.4. The molecule has 0 bridgehead atoms. The molecule has 2 aliphatic carbocycles. The predicted molar refractivity (Wildman–Crippen MR) is 88.7 cm³/mol. The van der Waals surface area contributed by atoms with Gasteiger partial charge in [0.2, 0.25) is 5.91 Å². The van der Waals surface area contributed by atoms with Crippen molar-refractivity contribution in [2.45, 2.75) is 57.4 Å². The van der Waals surface area contributed by atoms with Crippen LogP contribution in [0.4, 0.5) is 0 Å². The van der Waals surface area contributed by atoms with E-state index < -0.39 is 0 Å². The van der Waals surface area contributed by atoms with Gasteiger partial charge in [-0.1, -0.05) is 6.07 Å². The summed E-state index contributed by atoms with van der Waals surface area (Å²) in [6.07, 6.45) is 7.24. The monoisotopic (exact) mass is 328 g/mol. The lowest BCUT2D eigenvalue weighted by Crippen LogP contribution is -2.48. The second kappa shape index (κ2) is 5.88. The Balaban J connectivity index is 1.54. The molecule has 0 aromatic heterocycles. The lowest BCUT2D eigenvalue weighted by molar-refractivity contribution is -0.134. The third-order valence-electron chi connectivity index (χ3n) is 6.08. The third kappa shape index (κ3) is 2.51. The van der Waals surface area contributed by atoms with Gasteiger partial charge in [0, 0.05) is 12.1 Å². The molecule has 1 atom stereocenters. The molecule has 4 rings (SSSR count). The van der Waals surface area contributed by atoms with Gasteiger partial charge in [-0.05, 0) is 74.6 Å². The van der Waals surface area contributed by atoms with Gasteiger partial charge in [0.15, 0.2) is 0 Å². The van der Waals surface area contributed by atoms with Crippen LogP contribution in [0.3, 0.4) is 0 Å². The number of carbonyl (C=O) groups excluding carboxylic acids is 2. The van der Waals surface area contributed by atoms with Crippen LogP contribution in [-0.4, -0.2) is 34.7 Å². The Morgan fingerprint density at radius 2 is 2.04 bits per heavy atom. The van der Waals surface area contributed by atoms with Crippen LogP contribution in [-0.2, 0) is 17.6 Å². The Hall–Kier alpha value is -1.88. The molecule has 0 radical (unpaired) electrons. The number of carbonyl (C=O) groups is 2. The van der Waals surface area contributed by atoms with Gasteiger partial charge < -0.3 is 5.32 Å². The fourth-order valence-corrected chi connectivity index (χ4v) is 4.26. The number of amides is 2. The van der Waals surface area contributed by atoms with Gasteiger partial charge in [0.25, 0.3) is 5.91 Å². The molecule has 5 heteroatoms. The first kappa shape index (κ1) is 15.6. The molecular formula is C19H24N2O3. The summed E-state index contributed by atoms with van der Waals surface area (Å²) < 4.78 is 0. The number of aryl methyl sites for hydroxylation is 1. The van der Waals surface area contributed by atoms with Crippen LogP contribution in [0, 0.1) is 5.41 Å². The molecular weight excluding hydrogens is 304 g/mol. The highest BCUT2D eigenvalue weighted by molar-refractivity contribution is 5.94. The number of hydroxylamine groups is 2. The average molecular weight is 328 g/mol. The summed E-state index contributed by atoms with van der Waals surface area (Å²) in [4.78, 5) is 24.8. The van der Waals surface area contributed by atoms with E-state index in [-0.39, 0.29) is 23.3 Å². The number of hydrogen-bond acceptors (Lipinski definition) is 3. The minimum absolute atomic E-state index is 0.0252. The van der Waals surface area contributed by atoms with Crippen molar-refractivity contribution in [3.63, 3.8) is 0 Å². The normalized spacial score (nSPS) is 26.5. The second-order valence-electron chi connectivity index (χ2n) is 7.53. The molecule has 1 aromatic carbocycles. The molecule has 128 valence electrons. The fraction of sp³-hybridized carbons (Fsp3) is 0.579. The molecule has 24 heavy (non-hydrogen) atoms. The van der Waals surface area contributed by atoms with Crippen LogP contribution < -0.4 is 5.32 Å². The van der Waals surface area contributed by atoms with Crippen molar-refractivity contribution < 1.29 is 14.8 Å². The van der Waals surface area contributed by atoms with E-state index in [1.807, 2.05) is 12.1 Å². The van der Waals surface area contributed by atoms with E-state index in [0.717, 1.165) is 68.5 Å². The number of rotatable bonds is 2. The van der Waals surface area contributed by atoms with Crippen LogP contribution in [0.1, 0.15) is 60.0 Å². The maximum Gasteiger partial charge on any atom is 0.277 e. The zero-order valence-corrected chi connectivity index (χ0v) is 13.9. The Morgan fingerprint density at radius 3 is 2.75 bits per heavy atom. The van der Waals surface area contributed by atoms with E-state index in [9.17, 15) is 14.8 Å². The number of hydrogen-bond donors (Lipinski definition) is 2. The largest absolute Gasteiger partial charge is 0.356 e. The zero-order valence-electron chi connectivity index (χ0n) is 13.9. The van der Waals surface area contributed by atoms with Crippen molar-refractivity contribution >= 4 is 11.8 Å². The van der Waals surface area contributed by atoms with Crippen molar-refractivity contribution in [2.75, 3.05) is 6.54 Å². The van der Waals surface area contributed by atoms with Crippen LogP contribution in [0.15, 0.2) is 18.2 Å². The summed E-state index contributed by atoms with van der Waals surface area (Å²) in [5, 5.41) is 14.0. The average Bonchev–Trinajstić information content (AvgIpc) is 2.55. The van der Waals surface area contributed by atoms with E-state index in [2.05, 4.69) is 5.32 Å². The standard InChI is InChI=1S/C19H24N2O3/c22-17(21(24)16-3-1-4-16)14-5-6-15-12-19(9-7-13(15)11-14)8-2-10-20-18(19)23/h5-6,11,16,24H,1-4,7-10,12H2,(H,20,23)/t19-/m0/s1. The van der Waals surface area contributed by atoms with E-state index in [4.69, 9.17) is 0 Å². The molecule has 1 aliphatic heterocycles.